The van der Waals surface area contributed by atoms with Crippen LogP contribution in [0.25, 0.3) is 5.69 Å². The Hall–Kier alpha value is -2.55. The predicted molar refractivity (Wildman–Crippen MR) is 109 cm³/mol. The number of alkyl halides is 3. The SMILES string of the molecule is Cc1cc(=O)c(C(=O)Nc2cc(Cl)c(Cl)cc2Cl)nn1-c1ccccc1C(F)(F)F. The van der Waals surface area contributed by atoms with Crippen LogP contribution in [0.4, 0.5) is 18.9 Å². The lowest BCUT2D eigenvalue weighted by Gasteiger charge is -2.16. The topological polar surface area (TPSA) is 64.0 Å². The maximum Gasteiger partial charge on any atom is 0.418 e. The third-order valence-corrected chi connectivity index (χ3v) is 5.05. The van der Waals surface area contributed by atoms with Gasteiger partial charge in [-0.3, -0.25) is 9.59 Å². The molecule has 0 spiro atoms. The molecule has 30 heavy (non-hydrogen) atoms. The van der Waals surface area contributed by atoms with Crippen molar-refractivity contribution in [2.75, 3.05) is 5.32 Å². The van der Waals surface area contributed by atoms with Crippen LogP contribution in [0.3, 0.4) is 0 Å². The van der Waals surface area contributed by atoms with Crippen LogP contribution in [0, 0.1) is 6.92 Å². The van der Waals surface area contributed by atoms with Gasteiger partial charge in [-0.05, 0) is 31.2 Å². The quantitative estimate of drug-likeness (QED) is 0.488. The fourth-order valence-electron chi connectivity index (χ4n) is 2.65. The highest BCUT2D eigenvalue weighted by molar-refractivity contribution is 6.44. The van der Waals surface area contributed by atoms with Crippen LogP contribution in [0.15, 0.2) is 47.3 Å². The summed E-state index contributed by atoms with van der Waals surface area (Å²) in [7, 11) is 0. The fraction of sp³-hybridized carbons (Fsp3) is 0.105. The highest BCUT2D eigenvalue weighted by atomic mass is 35.5. The minimum Gasteiger partial charge on any atom is -0.319 e. The van der Waals surface area contributed by atoms with Crippen molar-refractivity contribution in [3.05, 3.63) is 84.7 Å². The second-order valence-corrected chi connectivity index (χ2v) is 7.35. The van der Waals surface area contributed by atoms with Gasteiger partial charge >= 0.3 is 6.18 Å². The number of hydrogen-bond acceptors (Lipinski definition) is 3. The van der Waals surface area contributed by atoms with Gasteiger partial charge in [0.25, 0.3) is 5.91 Å². The Labute approximate surface area is 183 Å². The number of benzene rings is 2. The number of anilines is 1. The summed E-state index contributed by atoms with van der Waals surface area (Å²) in [4.78, 5) is 24.9. The zero-order valence-corrected chi connectivity index (χ0v) is 17.3. The van der Waals surface area contributed by atoms with Crippen LogP contribution < -0.4 is 10.7 Å². The first-order valence-corrected chi connectivity index (χ1v) is 9.36. The normalized spacial score (nSPS) is 11.4. The lowest BCUT2D eigenvalue weighted by atomic mass is 10.1. The Morgan fingerprint density at radius 1 is 1.03 bits per heavy atom. The van der Waals surface area contributed by atoms with Crippen molar-refractivity contribution >= 4 is 46.4 Å². The van der Waals surface area contributed by atoms with E-state index in [4.69, 9.17) is 34.8 Å². The minimum absolute atomic E-state index is 0.0487. The number of hydrogen-bond donors (Lipinski definition) is 1. The van der Waals surface area contributed by atoms with Gasteiger partial charge in [0.05, 0.1) is 32.0 Å². The van der Waals surface area contributed by atoms with E-state index in [2.05, 4.69) is 10.4 Å². The second-order valence-electron chi connectivity index (χ2n) is 6.13. The van der Waals surface area contributed by atoms with Gasteiger partial charge in [0.1, 0.15) is 0 Å². The van der Waals surface area contributed by atoms with Crippen LogP contribution in [-0.4, -0.2) is 15.7 Å². The van der Waals surface area contributed by atoms with Crippen molar-refractivity contribution in [3.63, 3.8) is 0 Å². The van der Waals surface area contributed by atoms with Gasteiger partial charge < -0.3 is 5.32 Å². The summed E-state index contributed by atoms with van der Waals surface area (Å²) in [6.07, 6.45) is -4.66. The van der Waals surface area contributed by atoms with E-state index >= 15 is 0 Å². The summed E-state index contributed by atoms with van der Waals surface area (Å²) in [6, 6.07) is 8.26. The van der Waals surface area contributed by atoms with E-state index in [1.807, 2.05) is 0 Å². The van der Waals surface area contributed by atoms with Crippen molar-refractivity contribution in [1.29, 1.82) is 0 Å². The smallest absolute Gasteiger partial charge is 0.319 e. The van der Waals surface area contributed by atoms with Crippen LogP contribution in [0.2, 0.25) is 15.1 Å². The third kappa shape index (κ3) is 4.45. The summed E-state index contributed by atoms with van der Waals surface area (Å²) in [6.45, 7) is 1.40. The van der Waals surface area contributed by atoms with E-state index in [0.29, 0.717) is 0 Å². The number of carbonyl (C=O) groups excluding carboxylic acids is 1. The molecule has 0 aliphatic heterocycles. The van der Waals surface area contributed by atoms with E-state index in [0.717, 1.165) is 16.8 Å². The summed E-state index contributed by atoms with van der Waals surface area (Å²) >= 11 is 17.7. The lowest BCUT2D eigenvalue weighted by molar-refractivity contribution is -0.137. The molecule has 0 unspecified atom stereocenters. The summed E-state index contributed by atoms with van der Waals surface area (Å²) in [5.41, 5.74) is -2.53. The molecule has 0 aliphatic carbocycles. The Balaban J connectivity index is 2.08. The number of rotatable bonds is 3. The number of carbonyl (C=O) groups is 1. The summed E-state index contributed by atoms with van der Waals surface area (Å²) < 4.78 is 41.0. The molecule has 0 saturated carbocycles. The van der Waals surface area contributed by atoms with Gasteiger partial charge in [-0.25, -0.2) is 4.68 Å². The number of aryl methyl sites for hydroxylation is 1. The third-order valence-electron chi connectivity index (χ3n) is 4.02. The molecule has 0 bridgehead atoms. The van der Waals surface area contributed by atoms with Crippen LogP contribution in [0.5, 0.6) is 0 Å². The largest absolute Gasteiger partial charge is 0.418 e. The van der Waals surface area contributed by atoms with Crippen molar-refractivity contribution in [3.8, 4) is 5.69 Å². The average molecular weight is 477 g/mol. The molecular weight excluding hydrogens is 466 g/mol. The maximum absolute atomic E-state index is 13.4. The number of para-hydroxylation sites is 1. The van der Waals surface area contributed by atoms with E-state index in [1.54, 1.807) is 0 Å². The Morgan fingerprint density at radius 3 is 2.33 bits per heavy atom. The molecule has 2 aromatic carbocycles. The average Bonchev–Trinajstić information content (AvgIpc) is 2.65. The number of amides is 1. The molecule has 1 N–H and O–H groups in total. The zero-order valence-electron chi connectivity index (χ0n) is 15.0. The molecule has 156 valence electrons. The van der Waals surface area contributed by atoms with Gasteiger partial charge in [-0.1, -0.05) is 46.9 Å². The number of aromatic nitrogens is 2. The molecule has 3 aromatic rings. The van der Waals surface area contributed by atoms with E-state index in [-0.39, 0.29) is 32.1 Å². The van der Waals surface area contributed by atoms with Gasteiger partial charge in [0.2, 0.25) is 5.43 Å². The first-order valence-electron chi connectivity index (χ1n) is 8.22. The Kier molecular flexibility index (Phi) is 6.12. The first-order chi connectivity index (χ1) is 14.0. The lowest BCUT2D eigenvalue weighted by Crippen LogP contribution is -2.27. The molecule has 0 atom stereocenters. The Bertz CT molecular complexity index is 1210. The number of nitrogens with one attached hydrogen (secondary N) is 1. The van der Waals surface area contributed by atoms with Gasteiger partial charge in [0.15, 0.2) is 5.69 Å². The number of halogens is 6. The molecular formula is C19H11Cl3F3N3O2. The summed E-state index contributed by atoms with van der Waals surface area (Å²) in [5.74, 6) is -0.974. The monoisotopic (exact) mass is 475 g/mol. The van der Waals surface area contributed by atoms with Crippen molar-refractivity contribution in [1.82, 2.24) is 9.78 Å². The number of nitrogens with zero attached hydrogens (tertiary/aromatic N) is 2. The summed E-state index contributed by atoms with van der Waals surface area (Å²) in [5, 5.41) is 6.54. The molecule has 0 saturated heterocycles. The van der Waals surface area contributed by atoms with E-state index in [9.17, 15) is 22.8 Å². The van der Waals surface area contributed by atoms with Gasteiger partial charge in [-0.2, -0.15) is 18.3 Å². The minimum atomic E-state index is -4.66. The standard InChI is InChI=1S/C19H11Cl3F3N3O2/c1-9-6-16(29)17(18(30)26-14-8-12(21)11(20)7-13(14)22)27-28(9)15-5-3-2-4-10(15)19(23,24)25/h2-8H,1H3,(H,26,30). The molecule has 3 rings (SSSR count). The van der Waals surface area contributed by atoms with Crippen LogP contribution in [-0.2, 0) is 6.18 Å². The van der Waals surface area contributed by atoms with Gasteiger partial charge in [-0.15, -0.1) is 0 Å². The van der Waals surface area contributed by atoms with Crippen LogP contribution in [0.1, 0.15) is 21.7 Å². The first kappa shape index (κ1) is 22.1. The molecule has 11 heteroatoms. The van der Waals surface area contributed by atoms with Crippen LogP contribution >= 0.6 is 34.8 Å². The van der Waals surface area contributed by atoms with Crippen molar-refractivity contribution in [2.24, 2.45) is 0 Å². The van der Waals surface area contributed by atoms with Gasteiger partial charge in [0, 0.05) is 11.8 Å². The highest BCUT2D eigenvalue weighted by Crippen LogP contribution is 2.34. The molecule has 1 amide bonds. The fourth-order valence-corrected chi connectivity index (χ4v) is 3.24. The molecule has 1 aromatic heterocycles. The van der Waals surface area contributed by atoms with E-state index in [1.165, 1.54) is 37.3 Å². The second kappa shape index (κ2) is 8.29. The predicted octanol–water partition coefficient (Wildman–Crippen LogP) is 5.77. The molecule has 0 radical (unpaired) electrons. The maximum atomic E-state index is 13.4. The molecule has 0 aliphatic rings. The van der Waals surface area contributed by atoms with E-state index < -0.39 is 28.8 Å². The molecule has 5 nitrogen and oxygen atoms in total. The van der Waals surface area contributed by atoms with Crippen molar-refractivity contribution in [2.45, 2.75) is 13.1 Å². The zero-order chi connectivity index (χ0) is 22.2. The molecule has 1 heterocycles. The molecule has 0 fully saturated rings. The highest BCUT2D eigenvalue weighted by Gasteiger charge is 2.34. The Morgan fingerprint density at radius 2 is 1.67 bits per heavy atom. The van der Waals surface area contributed by atoms with Crippen molar-refractivity contribution < 1.29 is 18.0 Å².